The van der Waals surface area contributed by atoms with Gasteiger partial charge in [-0.3, -0.25) is 4.79 Å². The van der Waals surface area contributed by atoms with Crippen molar-refractivity contribution in [3.63, 3.8) is 0 Å². The van der Waals surface area contributed by atoms with Crippen molar-refractivity contribution in [1.82, 2.24) is 20.1 Å². The SMILES string of the molecule is COCCCNC(=O)c1cc(-c2cccs2)nc2c1c(C)nn2C1CCS(=O)(=O)C1. The molecule has 1 aliphatic heterocycles. The number of amides is 1. The fourth-order valence-electron chi connectivity index (χ4n) is 3.78. The molecule has 4 heterocycles. The van der Waals surface area contributed by atoms with Gasteiger partial charge in [-0.2, -0.15) is 5.10 Å². The number of aryl methyl sites for hydroxylation is 1. The number of aromatic nitrogens is 3. The molecule has 1 aliphatic rings. The number of fused-ring (bicyclic) bond motifs is 1. The molecule has 8 nitrogen and oxygen atoms in total. The van der Waals surface area contributed by atoms with Crippen LogP contribution in [0.3, 0.4) is 0 Å². The second kappa shape index (κ2) is 8.44. The second-order valence-corrected chi connectivity index (χ2v) is 10.6. The summed E-state index contributed by atoms with van der Waals surface area (Å²) in [5.41, 5.74) is 2.41. The van der Waals surface area contributed by atoms with Gasteiger partial charge in [-0.15, -0.1) is 11.3 Å². The normalized spacial score (nSPS) is 18.1. The third kappa shape index (κ3) is 4.12. The van der Waals surface area contributed by atoms with Crippen LogP contribution in [-0.4, -0.2) is 60.9 Å². The van der Waals surface area contributed by atoms with Crippen LogP contribution in [0.15, 0.2) is 23.6 Å². The van der Waals surface area contributed by atoms with E-state index in [2.05, 4.69) is 10.4 Å². The Morgan fingerprint density at radius 2 is 2.27 bits per heavy atom. The van der Waals surface area contributed by atoms with E-state index in [1.807, 2.05) is 24.4 Å². The van der Waals surface area contributed by atoms with Crippen molar-refractivity contribution in [2.45, 2.75) is 25.8 Å². The molecule has 0 aliphatic carbocycles. The fraction of sp³-hybridized carbons (Fsp3) is 0.450. The van der Waals surface area contributed by atoms with Gasteiger partial charge in [-0.1, -0.05) is 6.07 Å². The smallest absolute Gasteiger partial charge is 0.252 e. The molecule has 0 spiro atoms. The van der Waals surface area contributed by atoms with E-state index < -0.39 is 9.84 Å². The first kappa shape index (κ1) is 21.0. The van der Waals surface area contributed by atoms with Gasteiger partial charge in [-0.25, -0.2) is 18.1 Å². The number of ether oxygens (including phenoxy) is 1. The Bertz CT molecular complexity index is 1170. The number of carbonyl (C=O) groups is 1. The van der Waals surface area contributed by atoms with E-state index in [1.165, 1.54) is 11.3 Å². The maximum Gasteiger partial charge on any atom is 0.252 e. The lowest BCUT2D eigenvalue weighted by Crippen LogP contribution is -2.25. The van der Waals surface area contributed by atoms with Gasteiger partial charge in [0, 0.05) is 20.3 Å². The monoisotopic (exact) mass is 448 g/mol. The third-order valence-electron chi connectivity index (χ3n) is 5.22. The number of thiophene rings is 1. The number of hydrogen-bond donors (Lipinski definition) is 1. The third-order valence-corrected chi connectivity index (χ3v) is 7.86. The zero-order valence-corrected chi connectivity index (χ0v) is 18.6. The maximum atomic E-state index is 13.0. The molecule has 1 saturated heterocycles. The van der Waals surface area contributed by atoms with E-state index in [0.717, 1.165) is 4.88 Å². The highest BCUT2D eigenvalue weighted by Crippen LogP contribution is 2.33. The zero-order chi connectivity index (χ0) is 21.3. The molecule has 160 valence electrons. The minimum Gasteiger partial charge on any atom is -0.385 e. The highest BCUT2D eigenvalue weighted by Gasteiger charge is 2.32. The van der Waals surface area contributed by atoms with E-state index in [1.54, 1.807) is 17.9 Å². The van der Waals surface area contributed by atoms with Crippen LogP contribution in [0.25, 0.3) is 21.6 Å². The Labute approximate surface area is 179 Å². The first-order valence-corrected chi connectivity index (χ1v) is 12.5. The molecule has 0 bridgehead atoms. The van der Waals surface area contributed by atoms with Crippen molar-refractivity contribution in [1.29, 1.82) is 0 Å². The van der Waals surface area contributed by atoms with Crippen LogP contribution in [0.2, 0.25) is 0 Å². The van der Waals surface area contributed by atoms with Crippen molar-refractivity contribution in [3.05, 3.63) is 34.8 Å². The topological polar surface area (TPSA) is 103 Å². The van der Waals surface area contributed by atoms with E-state index in [4.69, 9.17) is 9.72 Å². The molecule has 1 unspecified atom stereocenters. The minimum atomic E-state index is -3.08. The molecular weight excluding hydrogens is 424 g/mol. The molecule has 0 saturated carbocycles. The lowest BCUT2D eigenvalue weighted by atomic mass is 10.1. The summed E-state index contributed by atoms with van der Waals surface area (Å²) in [6.07, 6.45) is 1.22. The quantitative estimate of drug-likeness (QED) is 0.557. The van der Waals surface area contributed by atoms with Gasteiger partial charge in [0.05, 0.1) is 44.8 Å². The first-order valence-electron chi connectivity index (χ1n) is 9.81. The average molecular weight is 449 g/mol. The Kier molecular flexibility index (Phi) is 5.90. The van der Waals surface area contributed by atoms with Gasteiger partial charge in [0.2, 0.25) is 0 Å². The second-order valence-electron chi connectivity index (χ2n) is 7.42. The van der Waals surface area contributed by atoms with Crippen molar-refractivity contribution in [2.75, 3.05) is 31.8 Å². The summed E-state index contributed by atoms with van der Waals surface area (Å²) >= 11 is 1.54. The first-order chi connectivity index (χ1) is 14.4. The Morgan fingerprint density at radius 1 is 1.43 bits per heavy atom. The molecule has 1 N–H and O–H groups in total. The van der Waals surface area contributed by atoms with E-state index in [-0.39, 0.29) is 23.5 Å². The summed E-state index contributed by atoms with van der Waals surface area (Å²) in [5.74, 6) is 0.000336. The van der Waals surface area contributed by atoms with E-state index in [9.17, 15) is 13.2 Å². The number of methoxy groups -OCH3 is 1. The number of pyridine rings is 1. The number of hydrogen-bond acceptors (Lipinski definition) is 7. The number of rotatable bonds is 7. The van der Waals surface area contributed by atoms with Crippen molar-refractivity contribution < 1.29 is 17.9 Å². The largest absolute Gasteiger partial charge is 0.385 e. The number of sulfone groups is 1. The highest BCUT2D eigenvalue weighted by atomic mass is 32.2. The fourth-order valence-corrected chi connectivity index (χ4v) is 6.16. The summed E-state index contributed by atoms with van der Waals surface area (Å²) in [7, 11) is -1.45. The average Bonchev–Trinajstić information content (AvgIpc) is 3.44. The maximum absolute atomic E-state index is 13.0. The standard InChI is InChI=1S/C20H24N4O4S2/c1-13-18-15(20(25)21-7-4-8-28-2)11-16(17-5-3-9-29-17)22-19(18)24(23-13)14-6-10-30(26,27)12-14/h3,5,9,11,14H,4,6-8,10,12H2,1-2H3,(H,21,25). The number of nitrogens with zero attached hydrogens (tertiary/aromatic N) is 3. The molecule has 1 fully saturated rings. The lowest BCUT2D eigenvalue weighted by Gasteiger charge is -2.12. The van der Waals surface area contributed by atoms with Crippen LogP contribution in [-0.2, 0) is 14.6 Å². The summed E-state index contributed by atoms with van der Waals surface area (Å²) in [6, 6.07) is 5.41. The number of carbonyl (C=O) groups excluding carboxylic acids is 1. The number of nitrogens with one attached hydrogen (secondary N) is 1. The molecule has 1 amide bonds. The van der Waals surface area contributed by atoms with E-state index >= 15 is 0 Å². The van der Waals surface area contributed by atoms with Crippen LogP contribution in [0, 0.1) is 6.92 Å². The molecule has 0 radical (unpaired) electrons. The van der Waals surface area contributed by atoms with Crippen molar-refractivity contribution >= 4 is 38.1 Å². The summed E-state index contributed by atoms with van der Waals surface area (Å²) in [5, 5.41) is 10.2. The van der Waals surface area contributed by atoms with Gasteiger partial charge in [0.1, 0.15) is 0 Å². The van der Waals surface area contributed by atoms with Gasteiger partial charge < -0.3 is 10.1 Å². The molecule has 4 rings (SSSR count). The summed E-state index contributed by atoms with van der Waals surface area (Å²) in [6.45, 7) is 2.90. The molecular formula is C20H24N4O4S2. The molecule has 3 aromatic heterocycles. The predicted octanol–water partition coefficient (Wildman–Crippen LogP) is 2.59. The van der Waals surface area contributed by atoms with Crippen LogP contribution >= 0.6 is 11.3 Å². The van der Waals surface area contributed by atoms with Crippen LogP contribution < -0.4 is 5.32 Å². The van der Waals surface area contributed by atoms with Crippen LogP contribution in [0.1, 0.15) is 34.9 Å². The van der Waals surface area contributed by atoms with Crippen LogP contribution in [0.4, 0.5) is 0 Å². The van der Waals surface area contributed by atoms with Gasteiger partial charge >= 0.3 is 0 Å². The van der Waals surface area contributed by atoms with Gasteiger partial charge in [-0.05, 0) is 37.3 Å². The molecule has 0 aromatic carbocycles. The Morgan fingerprint density at radius 3 is 2.93 bits per heavy atom. The predicted molar refractivity (Wildman–Crippen MR) is 117 cm³/mol. The Balaban J connectivity index is 1.80. The summed E-state index contributed by atoms with van der Waals surface area (Å²) < 4.78 is 30.8. The van der Waals surface area contributed by atoms with Crippen LogP contribution in [0.5, 0.6) is 0 Å². The molecule has 30 heavy (non-hydrogen) atoms. The molecule has 3 aromatic rings. The van der Waals surface area contributed by atoms with Gasteiger partial charge in [0.25, 0.3) is 5.91 Å². The Hall–Kier alpha value is -2.30. The lowest BCUT2D eigenvalue weighted by molar-refractivity contribution is 0.0950. The molecule has 1 atom stereocenters. The minimum absolute atomic E-state index is 0.0483. The van der Waals surface area contributed by atoms with E-state index in [0.29, 0.717) is 54.0 Å². The highest BCUT2D eigenvalue weighted by molar-refractivity contribution is 7.91. The zero-order valence-electron chi connectivity index (χ0n) is 16.9. The van der Waals surface area contributed by atoms with Gasteiger partial charge in [0.15, 0.2) is 15.5 Å². The molecule has 10 heteroatoms. The van der Waals surface area contributed by atoms with Crippen molar-refractivity contribution in [3.8, 4) is 10.6 Å². The summed E-state index contributed by atoms with van der Waals surface area (Å²) in [4.78, 5) is 18.8. The van der Waals surface area contributed by atoms with Crippen molar-refractivity contribution in [2.24, 2.45) is 0 Å².